The quantitative estimate of drug-likeness (QED) is 0.841. The van der Waals surface area contributed by atoms with Gasteiger partial charge in [0.2, 0.25) is 5.88 Å². The number of benzene rings is 1. The van der Waals surface area contributed by atoms with Crippen LogP contribution in [-0.2, 0) is 13.1 Å². The third kappa shape index (κ3) is 3.96. The monoisotopic (exact) mass is 272 g/mol. The van der Waals surface area contributed by atoms with Crippen LogP contribution in [0.25, 0.3) is 0 Å². The van der Waals surface area contributed by atoms with Crippen molar-refractivity contribution >= 4 is 0 Å². The summed E-state index contributed by atoms with van der Waals surface area (Å²) in [6.07, 6.45) is 1.73. The van der Waals surface area contributed by atoms with Crippen molar-refractivity contribution in [3.63, 3.8) is 0 Å². The third-order valence-electron chi connectivity index (χ3n) is 2.90. The predicted molar refractivity (Wildman–Crippen MR) is 78.9 cm³/mol. The molecule has 0 aliphatic carbocycles. The smallest absolute Gasteiger partial charge is 0.217 e. The Balaban J connectivity index is 1.91. The van der Waals surface area contributed by atoms with Crippen molar-refractivity contribution < 1.29 is 9.47 Å². The SMILES string of the molecule is CCOc1cccc(CNCc2cccnc2OC)c1. The second kappa shape index (κ2) is 7.50. The fourth-order valence-corrected chi connectivity index (χ4v) is 2.00. The average Bonchev–Trinajstić information content (AvgIpc) is 2.48. The first-order valence-electron chi connectivity index (χ1n) is 6.74. The molecule has 0 aliphatic rings. The largest absolute Gasteiger partial charge is 0.494 e. The standard InChI is InChI=1S/C16H20N2O2/c1-3-20-15-8-4-6-13(10-15)11-17-12-14-7-5-9-18-16(14)19-2/h4-10,17H,3,11-12H2,1-2H3. The van der Waals surface area contributed by atoms with Crippen LogP contribution in [0.4, 0.5) is 0 Å². The molecule has 0 fully saturated rings. The summed E-state index contributed by atoms with van der Waals surface area (Å²) in [4.78, 5) is 4.18. The molecule has 4 heteroatoms. The molecule has 1 aromatic heterocycles. The lowest BCUT2D eigenvalue weighted by atomic mass is 10.2. The molecule has 0 atom stereocenters. The van der Waals surface area contributed by atoms with E-state index < -0.39 is 0 Å². The van der Waals surface area contributed by atoms with E-state index in [2.05, 4.69) is 22.4 Å². The summed E-state index contributed by atoms with van der Waals surface area (Å²) in [6, 6.07) is 12.0. The van der Waals surface area contributed by atoms with Crippen LogP contribution < -0.4 is 14.8 Å². The molecule has 2 rings (SSSR count). The Bertz CT molecular complexity index is 544. The van der Waals surface area contributed by atoms with Gasteiger partial charge in [0.15, 0.2) is 0 Å². The fourth-order valence-electron chi connectivity index (χ4n) is 2.00. The molecule has 20 heavy (non-hydrogen) atoms. The molecule has 0 saturated heterocycles. The van der Waals surface area contributed by atoms with Crippen LogP contribution in [0.3, 0.4) is 0 Å². The molecule has 4 nitrogen and oxygen atoms in total. The van der Waals surface area contributed by atoms with Crippen LogP contribution in [0.2, 0.25) is 0 Å². The summed E-state index contributed by atoms with van der Waals surface area (Å²) >= 11 is 0. The van der Waals surface area contributed by atoms with E-state index in [0.29, 0.717) is 12.5 Å². The third-order valence-corrected chi connectivity index (χ3v) is 2.90. The Labute approximate surface area is 119 Å². The van der Waals surface area contributed by atoms with E-state index in [1.807, 2.05) is 31.2 Å². The highest BCUT2D eigenvalue weighted by molar-refractivity contribution is 5.29. The van der Waals surface area contributed by atoms with Crippen molar-refractivity contribution in [3.8, 4) is 11.6 Å². The summed E-state index contributed by atoms with van der Waals surface area (Å²) in [5.74, 6) is 1.58. The lowest BCUT2D eigenvalue weighted by Gasteiger charge is -2.09. The Kier molecular flexibility index (Phi) is 5.38. The Hall–Kier alpha value is -2.07. The zero-order valence-electron chi connectivity index (χ0n) is 11.9. The van der Waals surface area contributed by atoms with Crippen LogP contribution in [0.1, 0.15) is 18.1 Å². The summed E-state index contributed by atoms with van der Waals surface area (Å²) in [5.41, 5.74) is 2.25. The number of nitrogens with zero attached hydrogens (tertiary/aromatic N) is 1. The summed E-state index contributed by atoms with van der Waals surface area (Å²) < 4.78 is 10.7. The Morgan fingerprint density at radius 1 is 1.15 bits per heavy atom. The molecule has 106 valence electrons. The number of hydrogen-bond acceptors (Lipinski definition) is 4. The van der Waals surface area contributed by atoms with E-state index in [1.165, 1.54) is 5.56 Å². The van der Waals surface area contributed by atoms with Gasteiger partial charge in [0, 0.05) is 24.8 Å². The van der Waals surface area contributed by atoms with E-state index in [4.69, 9.17) is 9.47 Å². The minimum absolute atomic E-state index is 0.670. The van der Waals surface area contributed by atoms with Crippen LogP contribution in [0, 0.1) is 0 Å². The van der Waals surface area contributed by atoms with Gasteiger partial charge in [-0.1, -0.05) is 18.2 Å². The maximum Gasteiger partial charge on any atom is 0.217 e. The minimum atomic E-state index is 0.670. The zero-order chi connectivity index (χ0) is 14.2. The molecule has 1 aromatic carbocycles. The topological polar surface area (TPSA) is 43.4 Å². The Morgan fingerprint density at radius 2 is 2.05 bits per heavy atom. The van der Waals surface area contributed by atoms with E-state index in [9.17, 15) is 0 Å². The van der Waals surface area contributed by atoms with Crippen LogP contribution in [-0.4, -0.2) is 18.7 Å². The van der Waals surface area contributed by atoms with Crippen molar-refractivity contribution in [1.82, 2.24) is 10.3 Å². The lowest BCUT2D eigenvalue weighted by molar-refractivity contribution is 0.340. The van der Waals surface area contributed by atoms with Gasteiger partial charge in [-0.15, -0.1) is 0 Å². The number of hydrogen-bond donors (Lipinski definition) is 1. The van der Waals surface area contributed by atoms with Gasteiger partial charge in [-0.25, -0.2) is 4.98 Å². The fraction of sp³-hybridized carbons (Fsp3) is 0.312. The number of ether oxygens (including phenoxy) is 2. The molecule has 0 aliphatic heterocycles. The van der Waals surface area contributed by atoms with Gasteiger partial charge < -0.3 is 14.8 Å². The summed E-state index contributed by atoms with van der Waals surface area (Å²) in [7, 11) is 1.64. The second-order valence-electron chi connectivity index (χ2n) is 4.36. The van der Waals surface area contributed by atoms with Crippen molar-refractivity contribution in [3.05, 3.63) is 53.7 Å². The van der Waals surface area contributed by atoms with Gasteiger partial charge in [0.1, 0.15) is 5.75 Å². The van der Waals surface area contributed by atoms with Crippen molar-refractivity contribution in [2.24, 2.45) is 0 Å². The van der Waals surface area contributed by atoms with Gasteiger partial charge in [-0.3, -0.25) is 0 Å². The van der Waals surface area contributed by atoms with Crippen LogP contribution in [0.5, 0.6) is 11.6 Å². The molecule has 0 saturated carbocycles. The van der Waals surface area contributed by atoms with Gasteiger partial charge in [0.25, 0.3) is 0 Å². The summed E-state index contributed by atoms with van der Waals surface area (Å²) in [6.45, 7) is 4.16. The van der Waals surface area contributed by atoms with Crippen molar-refractivity contribution in [2.75, 3.05) is 13.7 Å². The number of aromatic nitrogens is 1. The van der Waals surface area contributed by atoms with Crippen LogP contribution in [0.15, 0.2) is 42.6 Å². The highest BCUT2D eigenvalue weighted by atomic mass is 16.5. The highest BCUT2D eigenvalue weighted by Gasteiger charge is 2.02. The molecular formula is C16H20N2O2. The average molecular weight is 272 g/mol. The molecule has 0 spiro atoms. The van der Waals surface area contributed by atoms with E-state index in [-0.39, 0.29) is 0 Å². The zero-order valence-corrected chi connectivity index (χ0v) is 11.9. The molecule has 0 amide bonds. The minimum Gasteiger partial charge on any atom is -0.494 e. The maximum atomic E-state index is 5.49. The van der Waals surface area contributed by atoms with Gasteiger partial charge >= 0.3 is 0 Å². The van der Waals surface area contributed by atoms with Gasteiger partial charge in [-0.2, -0.15) is 0 Å². The van der Waals surface area contributed by atoms with Crippen molar-refractivity contribution in [1.29, 1.82) is 0 Å². The molecule has 2 aromatic rings. The molecule has 0 bridgehead atoms. The van der Waals surface area contributed by atoms with Crippen LogP contribution >= 0.6 is 0 Å². The highest BCUT2D eigenvalue weighted by Crippen LogP contribution is 2.15. The lowest BCUT2D eigenvalue weighted by Crippen LogP contribution is -2.13. The first-order valence-corrected chi connectivity index (χ1v) is 6.74. The van der Waals surface area contributed by atoms with E-state index in [1.54, 1.807) is 13.3 Å². The molecule has 0 unspecified atom stereocenters. The number of nitrogens with one attached hydrogen (secondary N) is 1. The first kappa shape index (κ1) is 14.3. The number of rotatable bonds is 7. The summed E-state index contributed by atoms with van der Waals surface area (Å²) in [5, 5.41) is 3.39. The molecule has 1 heterocycles. The molecule has 0 radical (unpaired) electrons. The second-order valence-corrected chi connectivity index (χ2v) is 4.36. The van der Waals surface area contributed by atoms with E-state index in [0.717, 1.165) is 24.4 Å². The maximum absolute atomic E-state index is 5.49. The van der Waals surface area contributed by atoms with Gasteiger partial charge in [-0.05, 0) is 30.7 Å². The first-order chi connectivity index (χ1) is 9.83. The predicted octanol–water partition coefficient (Wildman–Crippen LogP) is 2.78. The van der Waals surface area contributed by atoms with Crippen molar-refractivity contribution in [2.45, 2.75) is 20.0 Å². The molecular weight excluding hydrogens is 252 g/mol. The normalized spacial score (nSPS) is 10.3. The van der Waals surface area contributed by atoms with E-state index >= 15 is 0 Å². The molecule has 1 N–H and O–H groups in total. The number of methoxy groups -OCH3 is 1. The van der Waals surface area contributed by atoms with Gasteiger partial charge in [0.05, 0.1) is 13.7 Å². The Morgan fingerprint density at radius 3 is 2.85 bits per heavy atom. The number of pyridine rings is 1.